The molecule has 0 aliphatic carbocycles. The molecule has 0 radical (unpaired) electrons. The van der Waals surface area contributed by atoms with Gasteiger partial charge in [-0.15, -0.1) is 0 Å². The molecule has 0 amide bonds. The van der Waals surface area contributed by atoms with E-state index in [4.69, 9.17) is 21.9 Å². The van der Waals surface area contributed by atoms with Crippen molar-refractivity contribution in [3.05, 3.63) is 53.1 Å². The molecular formula is C15H12ClN3O. The fourth-order valence-corrected chi connectivity index (χ4v) is 2.14. The molecule has 5 heteroatoms. The van der Waals surface area contributed by atoms with E-state index in [2.05, 4.69) is 10.1 Å². The Morgan fingerprint density at radius 3 is 2.75 bits per heavy atom. The van der Waals surface area contributed by atoms with Gasteiger partial charge in [0.15, 0.2) is 0 Å². The zero-order valence-electron chi connectivity index (χ0n) is 10.8. The fourth-order valence-electron chi connectivity index (χ4n) is 1.96. The first-order chi connectivity index (χ1) is 9.63. The van der Waals surface area contributed by atoms with E-state index < -0.39 is 0 Å². The van der Waals surface area contributed by atoms with Gasteiger partial charge in [0.2, 0.25) is 5.82 Å². The van der Waals surface area contributed by atoms with Crippen LogP contribution in [0.2, 0.25) is 5.02 Å². The molecule has 0 aliphatic rings. The predicted octanol–water partition coefficient (Wildman–Crippen LogP) is 3.95. The molecule has 0 unspecified atom stereocenters. The summed E-state index contributed by atoms with van der Waals surface area (Å²) in [4.78, 5) is 4.38. The first-order valence-electron chi connectivity index (χ1n) is 6.09. The van der Waals surface area contributed by atoms with E-state index in [0.717, 1.165) is 11.1 Å². The molecule has 0 fully saturated rings. The molecule has 100 valence electrons. The van der Waals surface area contributed by atoms with Crippen molar-refractivity contribution in [2.45, 2.75) is 6.92 Å². The van der Waals surface area contributed by atoms with Gasteiger partial charge in [-0.2, -0.15) is 4.98 Å². The monoisotopic (exact) mass is 285 g/mol. The van der Waals surface area contributed by atoms with E-state index in [1.54, 1.807) is 18.2 Å². The number of hydrogen-bond donors (Lipinski definition) is 1. The second-order valence-electron chi connectivity index (χ2n) is 4.52. The summed E-state index contributed by atoms with van der Waals surface area (Å²) in [6.45, 7) is 2.02. The van der Waals surface area contributed by atoms with Crippen molar-refractivity contribution in [2.75, 3.05) is 5.73 Å². The summed E-state index contributed by atoms with van der Waals surface area (Å²) < 4.78 is 5.28. The topological polar surface area (TPSA) is 64.9 Å². The van der Waals surface area contributed by atoms with Gasteiger partial charge in [0, 0.05) is 16.3 Å². The number of nitrogens with two attached hydrogens (primary N) is 1. The summed E-state index contributed by atoms with van der Waals surface area (Å²) in [5.41, 5.74) is 9.15. The Hall–Kier alpha value is -2.33. The summed E-state index contributed by atoms with van der Waals surface area (Å²) in [7, 11) is 0. The zero-order chi connectivity index (χ0) is 14.1. The van der Waals surface area contributed by atoms with Gasteiger partial charge in [0.25, 0.3) is 5.89 Å². The summed E-state index contributed by atoms with van der Waals surface area (Å²) in [6, 6.07) is 13.1. The Balaban J connectivity index is 2.02. The standard InChI is InChI=1S/C15H12ClN3O/c1-9-3-2-4-10(7-9)14-18-15(20-19-14)12-6-5-11(16)8-13(12)17/h2-8H,17H2,1H3. The Morgan fingerprint density at radius 1 is 1.15 bits per heavy atom. The lowest BCUT2D eigenvalue weighted by atomic mass is 10.1. The largest absolute Gasteiger partial charge is 0.398 e. The number of halogens is 1. The molecule has 1 aromatic heterocycles. The van der Waals surface area contributed by atoms with Crippen molar-refractivity contribution < 1.29 is 4.52 Å². The van der Waals surface area contributed by atoms with E-state index in [1.807, 2.05) is 31.2 Å². The molecule has 0 atom stereocenters. The van der Waals surface area contributed by atoms with Crippen LogP contribution in [0.25, 0.3) is 22.8 Å². The number of nitrogen functional groups attached to an aromatic ring is 1. The van der Waals surface area contributed by atoms with Gasteiger partial charge in [-0.05, 0) is 31.2 Å². The molecule has 2 N–H and O–H groups in total. The van der Waals surface area contributed by atoms with Gasteiger partial charge >= 0.3 is 0 Å². The number of rotatable bonds is 2. The van der Waals surface area contributed by atoms with Crippen molar-refractivity contribution in [3.8, 4) is 22.8 Å². The van der Waals surface area contributed by atoms with Crippen LogP contribution < -0.4 is 5.73 Å². The van der Waals surface area contributed by atoms with Crippen LogP contribution in [-0.4, -0.2) is 10.1 Å². The second-order valence-corrected chi connectivity index (χ2v) is 4.96. The predicted molar refractivity (Wildman–Crippen MR) is 79.3 cm³/mol. The number of aromatic nitrogens is 2. The van der Waals surface area contributed by atoms with Gasteiger partial charge in [-0.1, -0.05) is 40.5 Å². The van der Waals surface area contributed by atoms with Crippen LogP contribution in [0, 0.1) is 6.92 Å². The van der Waals surface area contributed by atoms with Gasteiger partial charge in [-0.25, -0.2) is 0 Å². The minimum Gasteiger partial charge on any atom is -0.398 e. The summed E-state index contributed by atoms with van der Waals surface area (Å²) in [6.07, 6.45) is 0. The minimum atomic E-state index is 0.385. The zero-order valence-corrected chi connectivity index (χ0v) is 11.6. The summed E-state index contributed by atoms with van der Waals surface area (Å²) >= 11 is 5.88. The van der Waals surface area contributed by atoms with Crippen LogP contribution in [0.3, 0.4) is 0 Å². The molecule has 0 spiro atoms. The highest BCUT2D eigenvalue weighted by atomic mass is 35.5. The van der Waals surface area contributed by atoms with E-state index in [9.17, 15) is 0 Å². The van der Waals surface area contributed by atoms with E-state index >= 15 is 0 Å². The maximum atomic E-state index is 5.91. The first kappa shape index (κ1) is 12.7. The first-order valence-corrected chi connectivity index (χ1v) is 6.47. The Labute approximate surface area is 121 Å². The van der Waals surface area contributed by atoms with Gasteiger partial charge < -0.3 is 10.3 Å². The lowest BCUT2D eigenvalue weighted by Gasteiger charge is -2.00. The number of nitrogens with zero attached hydrogens (tertiary/aromatic N) is 2. The second kappa shape index (κ2) is 4.98. The number of anilines is 1. The van der Waals surface area contributed by atoms with Crippen LogP contribution in [0.5, 0.6) is 0 Å². The fraction of sp³-hybridized carbons (Fsp3) is 0.0667. The molecule has 4 nitrogen and oxygen atoms in total. The summed E-state index contributed by atoms with van der Waals surface area (Å²) in [5, 5.41) is 4.57. The minimum absolute atomic E-state index is 0.385. The van der Waals surface area contributed by atoms with Crippen molar-refractivity contribution in [1.82, 2.24) is 10.1 Å². The van der Waals surface area contributed by atoms with Crippen LogP contribution in [0.15, 0.2) is 47.0 Å². The average Bonchev–Trinajstić information content (AvgIpc) is 2.88. The third-order valence-corrected chi connectivity index (χ3v) is 3.18. The maximum absolute atomic E-state index is 5.91. The number of aryl methyl sites for hydroxylation is 1. The number of hydrogen-bond acceptors (Lipinski definition) is 4. The van der Waals surface area contributed by atoms with Crippen molar-refractivity contribution in [3.63, 3.8) is 0 Å². The highest BCUT2D eigenvalue weighted by molar-refractivity contribution is 6.31. The van der Waals surface area contributed by atoms with E-state index in [-0.39, 0.29) is 0 Å². The van der Waals surface area contributed by atoms with Gasteiger partial charge in [0.05, 0.1) is 5.56 Å². The molecular weight excluding hydrogens is 274 g/mol. The highest BCUT2D eigenvalue weighted by Crippen LogP contribution is 2.28. The normalized spacial score (nSPS) is 10.7. The van der Waals surface area contributed by atoms with Crippen molar-refractivity contribution in [1.29, 1.82) is 0 Å². The maximum Gasteiger partial charge on any atom is 0.260 e. The van der Waals surface area contributed by atoms with Crippen LogP contribution in [0.1, 0.15) is 5.56 Å². The number of benzene rings is 2. The lowest BCUT2D eigenvalue weighted by Crippen LogP contribution is -1.90. The van der Waals surface area contributed by atoms with Crippen LogP contribution in [-0.2, 0) is 0 Å². The quantitative estimate of drug-likeness (QED) is 0.724. The van der Waals surface area contributed by atoms with Crippen molar-refractivity contribution in [2.24, 2.45) is 0 Å². The highest BCUT2D eigenvalue weighted by Gasteiger charge is 2.13. The molecule has 0 saturated heterocycles. The Bertz CT molecular complexity index is 767. The Morgan fingerprint density at radius 2 is 2.00 bits per heavy atom. The molecule has 3 aromatic rings. The van der Waals surface area contributed by atoms with Gasteiger partial charge in [-0.3, -0.25) is 0 Å². The molecule has 3 rings (SSSR count). The SMILES string of the molecule is Cc1cccc(-c2noc(-c3ccc(Cl)cc3N)n2)c1. The lowest BCUT2D eigenvalue weighted by molar-refractivity contribution is 0.432. The van der Waals surface area contributed by atoms with Crippen molar-refractivity contribution >= 4 is 17.3 Å². The third-order valence-electron chi connectivity index (χ3n) is 2.95. The molecule has 0 bridgehead atoms. The van der Waals surface area contributed by atoms with Crippen LogP contribution >= 0.6 is 11.6 Å². The van der Waals surface area contributed by atoms with E-state index in [0.29, 0.717) is 28.0 Å². The molecule has 1 heterocycles. The molecule has 20 heavy (non-hydrogen) atoms. The van der Waals surface area contributed by atoms with Crippen LogP contribution in [0.4, 0.5) is 5.69 Å². The summed E-state index contributed by atoms with van der Waals surface area (Å²) in [5.74, 6) is 0.925. The Kier molecular flexibility index (Phi) is 3.16. The average molecular weight is 286 g/mol. The third kappa shape index (κ3) is 2.38. The molecule has 2 aromatic carbocycles. The molecule has 0 saturated carbocycles. The smallest absolute Gasteiger partial charge is 0.260 e. The van der Waals surface area contributed by atoms with Gasteiger partial charge in [0.1, 0.15) is 0 Å². The molecule has 0 aliphatic heterocycles. The van der Waals surface area contributed by atoms with E-state index in [1.165, 1.54) is 0 Å².